The Balaban J connectivity index is 2.05. The predicted octanol–water partition coefficient (Wildman–Crippen LogP) is 1.58. The first-order valence-corrected chi connectivity index (χ1v) is 5.72. The van der Waals surface area contributed by atoms with Crippen LogP contribution in [0, 0.1) is 5.82 Å². The minimum atomic E-state index is -0.256. The summed E-state index contributed by atoms with van der Waals surface area (Å²) in [6, 6.07) is 2.37. The van der Waals surface area contributed by atoms with Crippen LogP contribution < -0.4 is 5.32 Å². The standard InChI is InChI=1S/C12H18FN3/c1-9(10-5-11(13)7-15-6-10)16-4-3-12(8-16)14-2/h5-7,9,12,14H,3-4,8H2,1-2H3. The van der Waals surface area contributed by atoms with Crippen molar-refractivity contribution in [1.29, 1.82) is 0 Å². The number of halogens is 1. The smallest absolute Gasteiger partial charge is 0.141 e. The van der Waals surface area contributed by atoms with E-state index >= 15 is 0 Å². The third kappa shape index (κ3) is 2.39. The van der Waals surface area contributed by atoms with Crippen LogP contribution in [0.2, 0.25) is 0 Å². The number of aromatic nitrogens is 1. The second-order valence-corrected chi connectivity index (χ2v) is 4.38. The van der Waals surface area contributed by atoms with Crippen molar-refractivity contribution in [3.8, 4) is 0 Å². The summed E-state index contributed by atoms with van der Waals surface area (Å²) >= 11 is 0. The third-order valence-corrected chi connectivity index (χ3v) is 3.38. The Morgan fingerprint density at radius 3 is 3.00 bits per heavy atom. The summed E-state index contributed by atoms with van der Waals surface area (Å²) in [6.07, 6.45) is 4.15. The molecule has 88 valence electrons. The largest absolute Gasteiger partial charge is 0.316 e. The Bertz CT molecular complexity index is 356. The molecule has 0 aromatic carbocycles. The molecule has 16 heavy (non-hydrogen) atoms. The Labute approximate surface area is 95.7 Å². The molecule has 1 aliphatic heterocycles. The van der Waals surface area contributed by atoms with Crippen LogP contribution in [-0.2, 0) is 0 Å². The number of hydrogen-bond donors (Lipinski definition) is 1. The number of pyridine rings is 1. The Hall–Kier alpha value is -1.00. The highest BCUT2D eigenvalue weighted by atomic mass is 19.1. The molecule has 1 fully saturated rings. The topological polar surface area (TPSA) is 28.2 Å². The van der Waals surface area contributed by atoms with E-state index in [1.807, 2.05) is 7.05 Å². The maximum atomic E-state index is 13.1. The van der Waals surface area contributed by atoms with E-state index in [1.54, 1.807) is 12.3 Å². The van der Waals surface area contributed by atoms with Gasteiger partial charge in [0.2, 0.25) is 0 Å². The van der Waals surface area contributed by atoms with Crippen LogP contribution in [0.4, 0.5) is 4.39 Å². The van der Waals surface area contributed by atoms with E-state index in [0.29, 0.717) is 6.04 Å². The molecule has 0 amide bonds. The molecule has 2 unspecified atom stereocenters. The van der Waals surface area contributed by atoms with Crippen molar-refractivity contribution in [1.82, 2.24) is 15.2 Å². The molecule has 3 nitrogen and oxygen atoms in total. The van der Waals surface area contributed by atoms with Crippen molar-refractivity contribution in [3.05, 3.63) is 29.8 Å². The van der Waals surface area contributed by atoms with Gasteiger partial charge in [0.05, 0.1) is 6.20 Å². The number of hydrogen-bond acceptors (Lipinski definition) is 3. The summed E-state index contributed by atoms with van der Waals surface area (Å²) in [4.78, 5) is 6.26. The SMILES string of the molecule is CNC1CCN(C(C)c2cncc(F)c2)C1. The van der Waals surface area contributed by atoms with Crippen molar-refractivity contribution in [2.45, 2.75) is 25.4 Å². The molecule has 0 spiro atoms. The Morgan fingerprint density at radius 2 is 2.38 bits per heavy atom. The Morgan fingerprint density at radius 1 is 1.56 bits per heavy atom. The number of likely N-dealkylation sites (tertiary alicyclic amines) is 1. The second kappa shape index (κ2) is 4.89. The molecule has 0 radical (unpaired) electrons. The zero-order chi connectivity index (χ0) is 11.5. The van der Waals surface area contributed by atoms with Crippen LogP contribution in [0.5, 0.6) is 0 Å². The summed E-state index contributed by atoms with van der Waals surface area (Å²) in [6.45, 7) is 4.19. The number of nitrogens with zero attached hydrogens (tertiary/aromatic N) is 2. The van der Waals surface area contributed by atoms with Gasteiger partial charge in [0, 0.05) is 31.4 Å². The van der Waals surface area contributed by atoms with Crippen molar-refractivity contribution in [2.75, 3.05) is 20.1 Å². The Kier molecular flexibility index (Phi) is 3.51. The maximum absolute atomic E-state index is 13.1. The lowest BCUT2D eigenvalue weighted by Gasteiger charge is -2.24. The van der Waals surface area contributed by atoms with Gasteiger partial charge in [0.25, 0.3) is 0 Å². The lowest BCUT2D eigenvalue weighted by Crippen LogP contribution is -2.31. The average molecular weight is 223 g/mol. The van der Waals surface area contributed by atoms with Crippen molar-refractivity contribution < 1.29 is 4.39 Å². The van der Waals surface area contributed by atoms with Crippen LogP contribution in [0.1, 0.15) is 24.9 Å². The van der Waals surface area contributed by atoms with Gasteiger partial charge in [-0.3, -0.25) is 9.88 Å². The molecular weight excluding hydrogens is 205 g/mol. The quantitative estimate of drug-likeness (QED) is 0.843. The first-order chi connectivity index (χ1) is 7.70. The van der Waals surface area contributed by atoms with Gasteiger partial charge in [-0.2, -0.15) is 0 Å². The number of likely N-dealkylation sites (N-methyl/N-ethyl adjacent to an activating group) is 1. The van der Waals surface area contributed by atoms with Gasteiger partial charge in [-0.05, 0) is 32.0 Å². The summed E-state index contributed by atoms with van der Waals surface area (Å²) in [5.74, 6) is -0.256. The fraction of sp³-hybridized carbons (Fsp3) is 0.583. The average Bonchev–Trinajstić information content (AvgIpc) is 2.76. The van der Waals surface area contributed by atoms with Gasteiger partial charge in [-0.1, -0.05) is 0 Å². The van der Waals surface area contributed by atoms with E-state index in [0.717, 1.165) is 25.1 Å². The lowest BCUT2D eigenvalue weighted by molar-refractivity contribution is 0.256. The van der Waals surface area contributed by atoms with Crippen molar-refractivity contribution in [3.63, 3.8) is 0 Å². The second-order valence-electron chi connectivity index (χ2n) is 4.38. The molecule has 1 aromatic rings. The fourth-order valence-electron chi connectivity index (χ4n) is 2.24. The molecule has 0 saturated carbocycles. The monoisotopic (exact) mass is 223 g/mol. The van der Waals surface area contributed by atoms with Crippen LogP contribution >= 0.6 is 0 Å². The van der Waals surface area contributed by atoms with Crippen LogP contribution in [0.25, 0.3) is 0 Å². The van der Waals surface area contributed by atoms with Crippen LogP contribution in [-0.4, -0.2) is 36.1 Å². The van der Waals surface area contributed by atoms with Crippen molar-refractivity contribution in [2.24, 2.45) is 0 Å². The van der Waals surface area contributed by atoms with Gasteiger partial charge >= 0.3 is 0 Å². The van der Waals surface area contributed by atoms with Gasteiger partial charge < -0.3 is 5.32 Å². The molecule has 1 aliphatic rings. The number of rotatable bonds is 3. The van der Waals surface area contributed by atoms with E-state index in [4.69, 9.17) is 0 Å². The predicted molar refractivity (Wildman–Crippen MR) is 61.6 cm³/mol. The highest BCUT2D eigenvalue weighted by Gasteiger charge is 2.25. The first kappa shape index (κ1) is 11.5. The number of nitrogens with one attached hydrogen (secondary N) is 1. The molecule has 2 atom stereocenters. The van der Waals surface area contributed by atoms with Crippen LogP contribution in [0.3, 0.4) is 0 Å². The van der Waals surface area contributed by atoms with E-state index in [1.165, 1.54) is 6.20 Å². The van der Waals surface area contributed by atoms with Crippen LogP contribution in [0.15, 0.2) is 18.5 Å². The highest BCUT2D eigenvalue weighted by molar-refractivity contribution is 5.15. The molecule has 0 aliphatic carbocycles. The van der Waals surface area contributed by atoms with E-state index in [9.17, 15) is 4.39 Å². The molecule has 4 heteroatoms. The van der Waals surface area contributed by atoms with Crippen molar-refractivity contribution >= 4 is 0 Å². The zero-order valence-corrected chi connectivity index (χ0v) is 9.78. The third-order valence-electron chi connectivity index (χ3n) is 3.38. The fourth-order valence-corrected chi connectivity index (χ4v) is 2.24. The molecule has 1 N–H and O–H groups in total. The van der Waals surface area contributed by atoms with Gasteiger partial charge in [0.1, 0.15) is 5.82 Å². The van der Waals surface area contributed by atoms with Gasteiger partial charge in [0.15, 0.2) is 0 Å². The normalized spacial score (nSPS) is 23.6. The molecular formula is C12H18FN3. The van der Waals surface area contributed by atoms with E-state index < -0.39 is 0 Å². The molecule has 2 rings (SSSR count). The summed E-state index contributed by atoms with van der Waals surface area (Å²) < 4.78 is 13.1. The molecule has 1 aromatic heterocycles. The minimum Gasteiger partial charge on any atom is -0.316 e. The molecule has 2 heterocycles. The van der Waals surface area contributed by atoms with Gasteiger partial charge in [-0.15, -0.1) is 0 Å². The molecule has 0 bridgehead atoms. The van der Waals surface area contributed by atoms with E-state index in [2.05, 4.69) is 22.1 Å². The lowest BCUT2D eigenvalue weighted by atomic mass is 10.1. The molecule has 1 saturated heterocycles. The van der Waals surface area contributed by atoms with Gasteiger partial charge in [-0.25, -0.2) is 4.39 Å². The summed E-state index contributed by atoms with van der Waals surface area (Å²) in [7, 11) is 1.99. The summed E-state index contributed by atoms with van der Waals surface area (Å²) in [5, 5.41) is 3.28. The highest BCUT2D eigenvalue weighted by Crippen LogP contribution is 2.24. The first-order valence-electron chi connectivity index (χ1n) is 5.72. The zero-order valence-electron chi connectivity index (χ0n) is 9.78. The summed E-state index contributed by atoms with van der Waals surface area (Å²) in [5.41, 5.74) is 0.955. The van der Waals surface area contributed by atoms with E-state index in [-0.39, 0.29) is 11.9 Å². The maximum Gasteiger partial charge on any atom is 0.141 e. The minimum absolute atomic E-state index is 0.238.